The van der Waals surface area contributed by atoms with Gasteiger partial charge in [0.15, 0.2) is 0 Å². The van der Waals surface area contributed by atoms with Crippen molar-refractivity contribution in [2.75, 3.05) is 5.32 Å². The third kappa shape index (κ3) is 2.71. The maximum Gasteiger partial charge on any atom is 0.222 e. The van der Waals surface area contributed by atoms with Crippen LogP contribution >= 0.6 is 22.9 Å². The third-order valence-corrected chi connectivity index (χ3v) is 3.40. The number of aromatic nitrogens is 2. The van der Waals surface area contributed by atoms with Crippen LogP contribution in [0, 0.1) is 0 Å². The first kappa shape index (κ1) is 11.4. The lowest BCUT2D eigenvalue weighted by atomic mass is 10.2. The lowest BCUT2D eigenvalue weighted by Gasteiger charge is -2.04. The van der Waals surface area contributed by atoms with E-state index in [2.05, 4.69) is 33.7 Å². The average Bonchev–Trinajstić information content (AvgIpc) is 2.76. The summed E-state index contributed by atoms with van der Waals surface area (Å²) in [6, 6.07) is 2.16. The molecule has 0 bridgehead atoms. The van der Waals surface area contributed by atoms with E-state index in [1.54, 1.807) is 23.7 Å². The van der Waals surface area contributed by atoms with Crippen molar-refractivity contribution < 1.29 is 0 Å². The van der Waals surface area contributed by atoms with Crippen LogP contribution in [0.25, 0.3) is 0 Å². The smallest absolute Gasteiger partial charge is 0.222 e. The molecule has 2 heterocycles. The Labute approximate surface area is 104 Å². The van der Waals surface area contributed by atoms with Crippen molar-refractivity contribution in [3.8, 4) is 0 Å². The number of nitrogens with one attached hydrogen (secondary N) is 1. The molecule has 5 heteroatoms. The number of rotatable bonds is 4. The molecule has 2 rings (SSSR count). The number of aryl methyl sites for hydroxylation is 1. The quantitative estimate of drug-likeness (QED) is 0.908. The minimum absolute atomic E-state index is 0.552. The van der Waals surface area contributed by atoms with Gasteiger partial charge in [0, 0.05) is 4.88 Å². The van der Waals surface area contributed by atoms with Crippen LogP contribution in [0.15, 0.2) is 23.8 Å². The SMILES string of the molecule is CCc1ccsc1CNc1ncc(Cl)cn1. The Morgan fingerprint density at radius 2 is 2.12 bits per heavy atom. The van der Waals surface area contributed by atoms with Gasteiger partial charge in [0.2, 0.25) is 5.95 Å². The normalized spacial score (nSPS) is 10.4. The van der Waals surface area contributed by atoms with E-state index in [-0.39, 0.29) is 0 Å². The van der Waals surface area contributed by atoms with Crippen molar-refractivity contribution in [2.45, 2.75) is 19.9 Å². The molecule has 84 valence electrons. The van der Waals surface area contributed by atoms with Crippen molar-refractivity contribution in [3.63, 3.8) is 0 Å². The fourth-order valence-electron chi connectivity index (χ4n) is 1.40. The molecule has 0 spiro atoms. The van der Waals surface area contributed by atoms with Gasteiger partial charge in [-0.3, -0.25) is 0 Å². The molecule has 3 nitrogen and oxygen atoms in total. The van der Waals surface area contributed by atoms with Gasteiger partial charge < -0.3 is 5.32 Å². The van der Waals surface area contributed by atoms with Crippen LogP contribution in [0.4, 0.5) is 5.95 Å². The predicted molar refractivity (Wildman–Crippen MR) is 68.1 cm³/mol. The molecule has 2 aromatic heterocycles. The largest absolute Gasteiger partial charge is 0.349 e. The monoisotopic (exact) mass is 253 g/mol. The fraction of sp³-hybridized carbons (Fsp3) is 0.273. The van der Waals surface area contributed by atoms with E-state index in [1.165, 1.54) is 10.4 Å². The van der Waals surface area contributed by atoms with Gasteiger partial charge in [-0.1, -0.05) is 18.5 Å². The number of hydrogen-bond donors (Lipinski definition) is 1. The van der Waals surface area contributed by atoms with Crippen LogP contribution in [0.2, 0.25) is 5.02 Å². The van der Waals surface area contributed by atoms with Crippen molar-refractivity contribution in [3.05, 3.63) is 39.3 Å². The molecule has 0 aromatic carbocycles. The van der Waals surface area contributed by atoms with E-state index in [0.717, 1.165) is 13.0 Å². The number of anilines is 1. The fourth-order valence-corrected chi connectivity index (χ4v) is 2.41. The highest BCUT2D eigenvalue weighted by atomic mass is 35.5. The number of nitrogens with zero attached hydrogens (tertiary/aromatic N) is 2. The molecule has 0 aliphatic carbocycles. The van der Waals surface area contributed by atoms with Crippen LogP contribution in [-0.2, 0) is 13.0 Å². The Bertz CT molecular complexity index is 453. The summed E-state index contributed by atoms with van der Waals surface area (Å²) in [5.74, 6) is 0.611. The Morgan fingerprint density at radius 1 is 1.38 bits per heavy atom. The standard InChI is InChI=1S/C11H12ClN3S/c1-2-8-3-4-16-10(8)7-15-11-13-5-9(12)6-14-11/h3-6H,2,7H2,1H3,(H,13,14,15). The van der Waals surface area contributed by atoms with E-state index < -0.39 is 0 Å². The molecular formula is C11H12ClN3S. The van der Waals surface area contributed by atoms with E-state index in [4.69, 9.17) is 11.6 Å². The molecule has 0 aliphatic heterocycles. The Kier molecular flexibility index (Phi) is 3.74. The average molecular weight is 254 g/mol. The van der Waals surface area contributed by atoms with Gasteiger partial charge in [-0.2, -0.15) is 0 Å². The summed E-state index contributed by atoms with van der Waals surface area (Å²) in [5.41, 5.74) is 1.38. The Hall–Kier alpha value is -1.13. The van der Waals surface area contributed by atoms with Crippen molar-refractivity contribution in [2.24, 2.45) is 0 Å². The van der Waals surface area contributed by atoms with E-state index in [9.17, 15) is 0 Å². The minimum Gasteiger partial charge on any atom is -0.349 e. The van der Waals surface area contributed by atoms with Crippen LogP contribution < -0.4 is 5.32 Å². The molecule has 0 amide bonds. The predicted octanol–water partition coefficient (Wildman–Crippen LogP) is 3.37. The molecule has 1 N–H and O–H groups in total. The topological polar surface area (TPSA) is 37.8 Å². The molecule has 16 heavy (non-hydrogen) atoms. The molecule has 0 unspecified atom stereocenters. The minimum atomic E-state index is 0.552. The highest BCUT2D eigenvalue weighted by Gasteiger charge is 2.02. The number of hydrogen-bond acceptors (Lipinski definition) is 4. The number of halogens is 1. The molecule has 0 fully saturated rings. The number of thiophene rings is 1. The summed E-state index contributed by atoms with van der Waals surface area (Å²) in [4.78, 5) is 9.50. The summed E-state index contributed by atoms with van der Waals surface area (Å²) in [6.45, 7) is 2.92. The van der Waals surface area contributed by atoms with Gasteiger partial charge in [-0.25, -0.2) is 9.97 Å². The third-order valence-electron chi connectivity index (χ3n) is 2.25. The zero-order valence-electron chi connectivity index (χ0n) is 8.90. The summed E-state index contributed by atoms with van der Waals surface area (Å²) < 4.78 is 0. The summed E-state index contributed by atoms with van der Waals surface area (Å²) >= 11 is 7.46. The van der Waals surface area contributed by atoms with Crippen molar-refractivity contribution >= 4 is 28.9 Å². The highest BCUT2D eigenvalue weighted by Crippen LogP contribution is 2.18. The Morgan fingerprint density at radius 3 is 2.81 bits per heavy atom. The molecule has 0 aliphatic rings. The summed E-state index contributed by atoms with van der Waals surface area (Å²) in [5, 5.41) is 5.84. The Balaban J connectivity index is 1.99. The second-order valence-electron chi connectivity index (χ2n) is 3.30. The zero-order chi connectivity index (χ0) is 11.4. The van der Waals surface area contributed by atoms with E-state index in [1.807, 2.05) is 0 Å². The molecular weight excluding hydrogens is 242 g/mol. The van der Waals surface area contributed by atoms with E-state index >= 15 is 0 Å². The molecule has 0 saturated carbocycles. The summed E-state index contributed by atoms with van der Waals surface area (Å²) in [7, 11) is 0. The van der Waals surface area contributed by atoms with Gasteiger partial charge in [0.05, 0.1) is 24.0 Å². The van der Waals surface area contributed by atoms with Gasteiger partial charge in [-0.15, -0.1) is 11.3 Å². The van der Waals surface area contributed by atoms with Gasteiger partial charge in [0.25, 0.3) is 0 Å². The second kappa shape index (κ2) is 5.27. The highest BCUT2D eigenvalue weighted by molar-refractivity contribution is 7.10. The van der Waals surface area contributed by atoms with Gasteiger partial charge in [-0.05, 0) is 23.4 Å². The maximum atomic E-state index is 5.71. The molecule has 0 saturated heterocycles. The van der Waals surface area contributed by atoms with Crippen molar-refractivity contribution in [1.29, 1.82) is 0 Å². The molecule has 0 atom stereocenters. The van der Waals surface area contributed by atoms with E-state index in [0.29, 0.717) is 11.0 Å². The lowest BCUT2D eigenvalue weighted by Crippen LogP contribution is -2.03. The second-order valence-corrected chi connectivity index (χ2v) is 4.74. The maximum absolute atomic E-state index is 5.71. The first-order valence-corrected chi connectivity index (χ1v) is 6.32. The zero-order valence-corrected chi connectivity index (χ0v) is 10.5. The van der Waals surface area contributed by atoms with Crippen LogP contribution in [0.5, 0.6) is 0 Å². The first-order valence-electron chi connectivity index (χ1n) is 5.06. The van der Waals surface area contributed by atoms with Crippen LogP contribution in [-0.4, -0.2) is 9.97 Å². The van der Waals surface area contributed by atoms with Crippen LogP contribution in [0.3, 0.4) is 0 Å². The van der Waals surface area contributed by atoms with Gasteiger partial charge >= 0.3 is 0 Å². The van der Waals surface area contributed by atoms with Crippen molar-refractivity contribution in [1.82, 2.24) is 9.97 Å². The summed E-state index contributed by atoms with van der Waals surface area (Å²) in [6.07, 6.45) is 4.24. The first-order chi connectivity index (χ1) is 7.79. The lowest BCUT2D eigenvalue weighted by molar-refractivity contribution is 1.04. The van der Waals surface area contributed by atoms with Crippen LogP contribution in [0.1, 0.15) is 17.4 Å². The molecule has 0 radical (unpaired) electrons. The van der Waals surface area contributed by atoms with Gasteiger partial charge in [0.1, 0.15) is 0 Å². The molecule has 2 aromatic rings.